The van der Waals surface area contributed by atoms with Crippen LogP contribution in [0.2, 0.25) is 0 Å². The van der Waals surface area contributed by atoms with Crippen LogP contribution in [-0.4, -0.2) is 41.6 Å². The van der Waals surface area contributed by atoms with Crippen LogP contribution in [0.1, 0.15) is 12.0 Å². The first-order valence-corrected chi connectivity index (χ1v) is 7.73. The van der Waals surface area contributed by atoms with Gasteiger partial charge in [0.25, 0.3) is 0 Å². The second-order valence-corrected chi connectivity index (χ2v) is 5.88. The third-order valence-electron chi connectivity index (χ3n) is 4.33. The second kappa shape index (κ2) is 6.89. The summed E-state index contributed by atoms with van der Waals surface area (Å²) >= 11 is 0. The Morgan fingerprint density at radius 1 is 1.35 bits per heavy atom. The van der Waals surface area contributed by atoms with E-state index in [9.17, 15) is 4.79 Å². The first kappa shape index (κ1) is 15.6. The highest BCUT2D eigenvalue weighted by atomic mass is 16.5. The summed E-state index contributed by atoms with van der Waals surface area (Å²) in [7, 11) is 1.68. The van der Waals surface area contributed by atoms with Crippen molar-refractivity contribution in [1.29, 1.82) is 0 Å². The van der Waals surface area contributed by atoms with E-state index in [2.05, 4.69) is 28.1 Å². The maximum absolute atomic E-state index is 11.7. The van der Waals surface area contributed by atoms with Gasteiger partial charge in [-0.15, -0.1) is 0 Å². The van der Waals surface area contributed by atoms with E-state index in [1.807, 2.05) is 24.4 Å². The molecule has 2 heterocycles. The number of aromatic nitrogens is 1. The van der Waals surface area contributed by atoms with Crippen molar-refractivity contribution in [3.05, 3.63) is 54.4 Å². The standard InChI is InChI=1S/C18H21N3O2/c1-23-16-9-17(18(19)22)21(12-16)11-13-4-2-5-14(8-13)15-6-3-7-20-10-15/h2-8,10,16-17H,9,11-12H2,1H3,(H2,19,22)/t16-,17-/m0/s1. The average Bonchev–Trinajstić information content (AvgIpc) is 2.99. The molecule has 0 saturated carbocycles. The predicted octanol–water partition coefficient (Wildman–Crippen LogP) is 1.82. The molecule has 2 atom stereocenters. The fourth-order valence-corrected chi connectivity index (χ4v) is 3.12. The molecule has 2 N–H and O–H groups in total. The quantitative estimate of drug-likeness (QED) is 0.914. The molecule has 0 bridgehead atoms. The molecule has 2 aromatic rings. The van der Waals surface area contributed by atoms with Crippen LogP contribution in [0.3, 0.4) is 0 Å². The minimum Gasteiger partial charge on any atom is -0.380 e. The topological polar surface area (TPSA) is 68.5 Å². The molecule has 1 aliphatic heterocycles. The van der Waals surface area contributed by atoms with E-state index in [1.54, 1.807) is 13.3 Å². The van der Waals surface area contributed by atoms with Gasteiger partial charge in [-0.3, -0.25) is 14.7 Å². The third-order valence-corrected chi connectivity index (χ3v) is 4.33. The van der Waals surface area contributed by atoms with Crippen molar-refractivity contribution in [3.63, 3.8) is 0 Å². The van der Waals surface area contributed by atoms with E-state index in [4.69, 9.17) is 10.5 Å². The van der Waals surface area contributed by atoms with Crippen LogP contribution in [0, 0.1) is 0 Å². The lowest BCUT2D eigenvalue weighted by Gasteiger charge is -2.21. The zero-order valence-corrected chi connectivity index (χ0v) is 13.2. The molecule has 1 aliphatic rings. The van der Waals surface area contributed by atoms with Crippen LogP contribution in [0.25, 0.3) is 11.1 Å². The average molecular weight is 311 g/mol. The Morgan fingerprint density at radius 2 is 2.17 bits per heavy atom. The number of likely N-dealkylation sites (tertiary alicyclic amines) is 1. The van der Waals surface area contributed by atoms with Gasteiger partial charge in [0, 0.05) is 32.6 Å². The number of benzene rings is 1. The third kappa shape index (κ3) is 3.57. The van der Waals surface area contributed by atoms with Crippen molar-refractivity contribution in [2.45, 2.75) is 25.1 Å². The zero-order valence-electron chi connectivity index (χ0n) is 13.2. The second-order valence-electron chi connectivity index (χ2n) is 5.88. The van der Waals surface area contributed by atoms with Crippen LogP contribution in [-0.2, 0) is 16.1 Å². The fourth-order valence-electron chi connectivity index (χ4n) is 3.12. The SMILES string of the molecule is CO[C@H]1C[C@@H](C(N)=O)N(Cc2cccc(-c3cccnc3)c2)C1. The lowest BCUT2D eigenvalue weighted by Crippen LogP contribution is -2.39. The van der Waals surface area contributed by atoms with Crippen molar-refractivity contribution in [3.8, 4) is 11.1 Å². The minimum atomic E-state index is -0.284. The Balaban J connectivity index is 1.79. The molecule has 1 fully saturated rings. The molecule has 1 aromatic carbocycles. The van der Waals surface area contributed by atoms with E-state index in [1.165, 1.54) is 0 Å². The molecular formula is C18H21N3O2. The van der Waals surface area contributed by atoms with E-state index >= 15 is 0 Å². The Labute approximate surface area is 136 Å². The first-order valence-electron chi connectivity index (χ1n) is 7.73. The number of amides is 1. The molecular weight excluding hydrogens is 290 g/mol. The molecule has 0 spiro atoms. The van der Waals surface area contributed by atoms with E-state index in [0.717, 1.165) is 23.2 Å². The molecule has 0 radical (unpaired) electrons. The summed E-state index contributed by atoms with van der Waals surface area (Å²) in [6.07, 6.45) is 4.34. The smallest absolute Gasteiger partial charge is 0.234 e. The van der Waals surface area contributed by atoms with Crippen LogP contribution in [0.15, 0.2) is 48.8 Å². The highest BCUT2D eigenvalue weighted by molar-refractivity contribution is 5.80. The summed E-state index contributed by atoms with van der Waals surface area (Å²) in [6, 6.07) is 12.0. The van der Waals surface area contributed by atoms with Crippen LogP contribution < -0.4 is 5.73 Å². The van der Waals surface area contributed by atoms with Gasteiger partial charge < -0.3 is 10.5 Å². The highest BCUT2D eigenvalue weighted by Gasteiger charge is 2.35. The molecule has 0 unspecified atom stereocenters. The highest BCUT2D eigenvalue weighted by Crippen LogP contribution is 2.24. The Morgan fingerprint density at radius 3 is 2.87 bits per heavy atom. The number of hydrogen-bond donors (Lipinski definition) is 1. The summed E-state index contributed by atoms with van der Waals surface area (Å²) in [6.45, 7) is 1.41. The van der Waals surface area contributed by atoms with Crippen molar-refractivity contribution in [2.75, 3.05) is 13.7 Å². The normalized spacial score (nSPS) is 21.4. The van der Waals surface area contributed by atoms with Crippen LogP contribution >= 0.6 is 0 Å². The number of primary amides is 1. The van der Waals surface area contributed by atoms with Gasteiger partial charge in [0.05, 0.1) is 12.1 Å². The Bertz CT molecular complexity index is 675. The number of nitrogens with zero attached hydrogens (tertiary/aromatic N) is 2. The summed E-state index contributed by atoms with van der Waals surface area (Å²) < 4.78 is 5.39. The van der Waals surface area contributed by atoms with Gasteiger partial charge in [0.2, 0.25) is 5.91 Å². The molecule has 23 heavy (non-hydrogen) atoms. The van der Waals surface area contributed by atoms with Gasteiger partial charge in [0.1, 0.15) is 0 Å². The van der Waals surface area contributed by atoms with E-state index in [0.29, 0.717) is 13.0 Å². The predicted molar refractivity (Wildman–Crippen MR) is 88.5 cm³/mol. The van der Waals surface area contributed by atoms with Crippen molar-refractivity contribution in [1.82, 2.24) is 9.88 Å². The van der Waals surface area contributed by atoms with Gasteiger partial charge in [-0.1, -0.05) is 24.3 Å². The number of pyridine rings is 1. The van der Waals surface area contributed by atoms with Crippen molar-refractivity contribution in [2.24, 2.45) is 5.73 Å². The number of ether oxygens (including phenoxy) is 1. The van der Waals surface area contributed by atoms with Crippen LogP contribution in [0.4, 0.5) is 0 Å². The molecule has 1 aromatic heterocycles. The lowest BCUT2D eigenvalue weighted by atomic mass is 10.0. The molecule has 1 amide bonds. The maximum Gasteiger partial charge on any atom is 0.234 e. The lowest BCUT2D eigenvalue weighted by molar-refractivity contribution is -0.122. The number of hydrogen-bond acceptors (Lipinski definition) is 4. The molecule has 3 rings (SSSR count). The number of nitrogens with two attached hydrogens (primary N) is 1. The Hall–Kier alpha value is -2.24. The summed E-state index contributed by atoms with van der Waals surface area (Å²) in [5.74, 6) is -0.284. The molecule has 120 valence electrons. The van der Waals surface area contributed by atoms with Gasteiger partial charge in [-0.25, -0.2) is 0 Å². The maximum atomic E-state index is 11.7. The molecule has 5 heteroatoms. The van der Waals surface area contributed by atoms with Crippen LogP contribution in [0.5, 0.6) is 0 Å². The van der Waals surface area contributed by atoms with E-state index < -0.39 is 0 Å². The summed E-state index contributed by atoms with van der Waals surface area (Å²) in [5.41, 5.74) is 8.88. The first-order chi connectivity index (χ1) is 11.2. The fraction of sp³-hybridized carbons (Fsp3) is 0.333. The number of carbonyl (C=O) groups is 1. The molecule has 0 aliphatic carbocycles. The summed E-state index contributed by atoms with van der Waals surface area (Å²) in [4.78, 5) is 17.9. The number of carbonyl (C=O) groups excluding carboxylic acids is 1. The summed E-state index contributed by atoms with van der Waals surface area (Å²) in [5, 5.41) is 0. The van der Waals surface area contributed by atoms with Gasteiger partial charge in [-0.05, 0) is 35.2 Å². The van der Waals surface area contributed by atoms with Gasteiger partial charge in [-0.2, -0.15) is 0 Å². The minimum absolute atomic E-state index is 0.0639. The number of methoxy groups -OCH3 is 1. The van der Waals surface area contributed by atoms with E-state index in [-0.39, 0.29) is 18.1 Å². The Kier molecular flexibility index (Phi) is 4.69. The molecule has 5 nitrogen and oxygen atoms in total. The van der Waals surface area contributed by atoms with Gasteiger partial charge in [0.15, 0.2) is 0 Å². The van der Waals surface area contributed by atoms with Crippen molar-refractivity contribution < 1.29 is 9.53 Å². The number of rotatable bonds is 5. The largest absolute Gasteiger partial charge is 0.380 e. The molecule has 1 saturated heterocycles. The zero-order chi connectivity index (χ0) is 16.2. The van der Waals surface area contributed by atoms with Gasteiger partial charge >= 0.3 is 0 Å². The van der Waals surface area contributed by atoms with Crippen molar-refractivity contribution >= 4 is 5.91 Å². The monoisotopic (exact) mass is 311 g/mol.